The smallest absolute Gasteiger partial charge is 0.251 e. The van der Waals surface area contributed by atoms with Crippen LogP contribution in [0.3, 0.4) is 0 Å². The molecule has 8 heteroatoms. The Kier molecular flexibility index (Phi) is 5.53. The number of hydroxylamine groups is 1. The number of aromatic nitrogens is 1. The third-order valence-corrected chi connectivity index (χ3v) is 5.49. The molecule has 1 saturated carbocycles. The van der Waals surface area contributed by atoms with Crippen LogP contribution in [0.15, 0.2) is 53.9 Å². The topological polar surface area (TPSA) is 113 Å². The molecule has 1 aromatic carbocycles. The third-order valence-electron chi connectivity index (χ3n) is 5.49. The molecule has 3 atom stereocenters. The van der Waals surface area contributed by atoms with E-state index in [0.29, 0.717) is 24.8 Å². The maximum absolute atomic E-state index is 12.6. The summed E-state index contributed by atoms with van der Waals surface area (Å²) in [5.41, 5.74) is 4.91. The highest BCUT2D eigenvalue weighted by atomic mass is 16.6. The maximum Gasteiger partial charge on any atom is 0.251 e. The molecular weight excluding hydrogens is 372 g/mol. The lowest BCUT2D eigenvalue weighted by Gasteiger charge is -2.19. The number of hydrogen-bond donors (Lipinski definition) is 3. The van der Waals surface area contributed by atoms with E-state index in [1.54, 1.807) is 30.0 Å². The highest BCUT2D eigenvalue weighted by Crippen LogP contribution is 2.30. The number of carbonyl (C=O) groups excluding carboxylic acids is 2. The highest BCUT2D eigenvalue weighted by molar-refractivity contribution is 6.01. The zero-order chi connectivity index (χ0) is 20.2. The fraction of sp³-hybridized carbons (Fsp3) is 0.333. The number of benzene rings is 1. The molecule has 2 amide bonds. The number of amides is 2. The predicted octanol–water partition coefficient (Wildman–Crippen LogP) is 2.35. The number of carbonyl (C=O) groups is 2. The monoisotopic (exact) mass is 394 g/mol. The second-order valence-corrected chi connectivity index (χ2v) is 7.29. The van der Waals surface area contributed by atoms with Gasteiger partial charge in [-0.3, -0.25) is 19.8 Å². The van der Waals surface area contributed by atoms with Crippen molar-refractivity contribution in [3.05, 3.63) is 65.5 Å². The van der Waals surface area contributed by atoms with Crippen molar-refractivity contribution in [2.24, 2.45) is 11.1 Å². The minimum absolute atomic E-state index is 0.199. The average molecular weight is 394 g/mol. The number of hydrogen-bond acceptors (Lipinski definition) is 6. The number of oxime groups is 1. The summed E-state index contributed by atoms with van der Waals surface area (Å²) < 4.78 is 0. The molecule has 1 aliphatic heterocycles. The van der Waals surface area contributed by atoms with Gasteiger partial charge in [0.2, 0.25) is 5.91 Å². The largest absolute Gasteiger partial charge is 0.387 e. The molecule has 1 aliphatic carbocycles. The first-order valence-electron chi connectivity index (χ1n) is 9.63. The van der Waals surface area contributed by atoms with Gasteiger partial charge >= 0.3 is 0 Å². The molecule has 2 aromatic rings. The Bertz CT molecular complexity index is 914. The fourth-order valence-corrected chi connectivity index (χ4v) is 3.89. The summed E-state index contributed by atoms with van der Waals surface area (Å²) in [5, 5.41) is 15.9. The van der Waals surface area contributed by atoms with E-state index < -0.39 is 11.8 Å². The van der Waals surface area contributed by atoms with Crippen molar-refractivity contribution in [3.63, 3.8) is 0 Å². The summed E-state index contributed by atoms with van der Waals surface area (Å²) in [5.74, 6) is -1.09. The second-order valence-electron chi connectivity index (χ2n) is 7.29. The van der Waals surface area contributed by atoms with Crippen LogP contribution >= 0.6 is 0 Å². The summed E-state index contributed by atoms with van der Waals surface area (Å²) in [6, 6.07) is 10.7. The zero-order valence-corrected chi connectivity index (χ0v) is 15.7. The molecule has 3 N–H and O–H groups in total. The van der Waals surface area contributed by atoms with Crippen molar-refractivity contribution in [3.8, 4) is 0 Å². The van der Waals surface area contributed by atoms with Gasteiger partial charge in [0.05, 0.1) is 11.6 Å². The molecule has 1 fully saturated rings. The van der Waals surface area contributed by atoms with Crippen LogP contribution in [-0.4, -0.2) is 33.8 Å². The van der Waals surface area contributed by atoms with E-state index in [1.807, 2.05) is 24.3 Å². The lowest BCUT2D eigenvalue weighted by atomic mass is 9.99. The predicted molar refractivity (Wildman–Crippen MR) is 104 cm³/mol. The molecule has 2 heterocycles. The average Bonchev–Trinajstić information content (AvgIpc) is 3.44. The first kappa shape index (κ1) is 19.1. The van der Waals surface area contributed by atoms with Crippen LogP contribution in [0, 0.1) is 5.92 Å². The molecule has 0 saturated heterocycles. The summed E-state index contributed by atoms with van der Waals surface area (Å²) >= 11 is 0. The van der Waals surface area contributed by atoms with Crippen LogP contribution in [-0.2, 0) is 9.63 Å². The Morgan fingerprint density at radius 2 is 1.97 bits per heavy atom. The Balaban J connectivity index is 1.37. The number of pyridine rings is 1. The molecule has 0 bridgehead atoms. The first-order chi connectivity index (χ1) is 14.2. The zero-order valence-electron chi connectivity index (χ0n) is 15.7. The second kappa shape index (κ2) is 8.40. The van der Waals surface area contributed by atoms with Crippen molar-refractivity contribution in [1.82, 2.24) is 15.8 Å². The number of nitrogens with one attached hydrogen (secondary N) is 2. The summed E-state index contributed by atoms with van der Waals surface area (Å²) in [6.07, 6.45) is 6.10. The standard InChI is InChI=1S/C21H22N4O4/c26-20(23-17-5-1-4-16(17)21(27)24-28)14-8-6-13(7-9-14)19-11-18(25-29-19)15-3-2-10-22-12-15/h2-3,6-10,12,16-17,19,28H,1,4-5,11H2,(H,23,26)(H,24,27)/t16-,17+,19?/m1/s1. The van der Waals surface area contributed by atoms with Gasteiger partial charge < -0.3 is 10.2 Å². The van der Waals surface area contributed by atoms with Gasteiger partial charge in [-0.25, -0.2) is 5.48 Å². The number of rotatable bonds is 5. The molecule has 2 aliphatic rings. The maximum atomic E-state index is 12.6. The van der Waals surface area contributed by atoms with Crippen molar-refractivity contribution in [1.29, 1.82) is 0 Å². The van der Waals surface area contributed by atoms with Gasteiger partial charge in [0, 0.05) is 36.0 Å². The van der Waals surface area contributed by atoms with Crippen molar-refractivity contribution in [2.45, 2.75) is 37.8 Å². The quantitative estimate of drug-likeness (QED) is 0.532. The molecule has 1 unspecified atom stereocenters. The van der Waals surface area contributed by atoms with Crippen molar-refractivity contribution < 1.29 is 19.6 Å². The van der Waals surface area contributed by atoms with Gasteiger partial charge in [0.1, 0.15) is 0 Å². The Morgan fingerprint density at radius 1 is 1.14 bits per heavy atom. The molecule has 29 heavy (non-hydrogen) atoms. The summed E-state index contributed by atoms with van der Waals surface area (Å²) in [6.45, 7) is 0. The Morgan fingerprint density at radius 3 is 2.69 bits per heavy atom. The third kappa shape index (κ3) is 4.12. The lowest BCUT2D eigenvalue weighted by molar-refractivity contribution is -0.133. The van der Waals surface area contributed by atoms with E-state index in [-0.39, 0.29) is 18.1 Å². The van der Waals surface area contributed by atoms with Crippen LogP contribution in [0.25, 0.3) is 0 Å². The van der Waals surface area contributed by atoms with E-state index >= 15 is 0 Å². The van der Waals surface area contributed by atoms with Crippen LogP contribution < -0.4 is 10.8 Å². The number of nitrogens with zero attached hydrogens (tertiary/aromatic N) is 2. The van der Waals surface area contributed by atoms with E-state index in [0.717, 1.165) is 23.3 Å². The van der Waals surface area contributed by atoms with Gasteiger partial charge in [0.15, 0.2) is 6.10 Å². The lowest BCUT2D eigenvalue weighted by Crippen LogP contribution is -2.43. The summed E-state index contributed by atoms with van der Waals surface area (Å²) in [4.78, 5) is 33.9. The minimum atomic E-state index is -0.453. The molecule has 4 rings (SSSR count). The minimum Gasteiger partial charge on any atom is -0.387 e. The van der Waals surface area contributed by atoms with Crippen LogP contribution in [0.1, 0.15) is 53.3 Å². The fourth-order valence-electron chi connectivity index (χ4n) is 3.89. The highest BCUT2D eigenvalue weighted by Gasteiger charge is 2.34. The van der Waals surface area contributed by atoms with Crippen LogP contribution in [0.2, 0.25) is 0 Å². The van der Waals surface area contributed by atoms with Gasteiger partial charge in [-0.1, -0.05) is 23.7 Å². The van der Waals surface area contributed by atoms with Gasteiger partial charge in [0.25, 0.3) is 5.91 Å². The van der Waals surface area contributed by atoms with E-state index in [4.69, 9.17) is 10.0 Å². The van der Waals surface area contributed by atoms with Crippen molar-refractivity contribution in [2.75, 3.05) is 0 Å². The molecular formula is C21H22N4O4. The molecule has 150 valence electrons. The van der Waals surface area contributed by atoms with E-state index in [1.165, 1.54) is 0 Å². The molecule has 1 aromatic heterocycles. The van der Waals surface area contributed by atoms with E-state index in [2.05, 4.69) is 15.5 Å². The molecule has 8 nitrogen and oxygen atoms in total. The van der Waals surface area contributed by atoms with E-state index in [9.17, 15) is 9.59 Å². The van der Waals surface area contributed by atoms with Gasteiger partial charge in [-0.15, -0.1) is 0 Å². The molecule has 0 radical (unpaired) electrons. The molecule has 0 spiro atoms. The van der Waals surface area contributed by atoms with Crippen LogP contribution in [0.5, 0.6) is 0 Å². The van der Waals surface area contributed by atoms with Gasteiger partial charge in [-0.2, -0.15) is 0 Å². The Hall–Kier alpha value is -3.26. The normalized spacial score (nSPS) is 23.2. The van der Waals surface area contributed by atoms with Crippen LogP contribution in [0.4, 0.5) is 0 Å². The summed E-state index contributed by atoms with van der Waals surface area (Å²) in [7, 11) is 0. The van der Waals surface area contributed by atoms with Crippen molar-refractivity contribution >= 4 is 17.5 Å². The SMILES string of the molecule is O=C(N[C@H]1CCC[C@H]1C(=O)NO)c1ccc(C2CC(c3cccnc3)=NO2)cc1. The Labute approximate surface area is 167 Å². The first-order valence-corrected chi connectivity index (χ1v) is 9.63. The van der Waals surface area contributed by atoms with Gasteiger partial charge in [-0.05, 0) is 42.7 Å².